The molecule has 4 rings (SSSR count). The molecule has 0 bridgehead atoms. The van der Waals surface area contributed by atoms with E-state index in [0.717, 1.165) is 35.1 Å². The van der Waals surface area contributed by atoms with Crippen LogP contribution < -0.4 is 9.47 Å². The summed E-state index contributed by atoms with van der Waals surface area (Å²) in [5, 5.41) is 9.39. The van der Waals surface area contributed by atoms with E-state index in [9.17, 15) is 9.90 Å². The first kappa shape index (κ1) is 28.6. The third-order valence-electron chi connectivity index (χ3n) is 7.26. The van der Waals surface area contributed by atoms with Crippen molar-refractivity contribution in [1.82, 2.24) is 0 Å². The van der Waals surface area contributed by atoms with Crippen LogP contribution in [-0.2, 0) is 16.1 Å². The molecule has 3 aromatic carbocycles. The summed E-state index contributed by atoms with van der Waals surface area (Å²) in [6.45, 7) is 9.13. The first-order chi connectivity index (χ1) is 18.6. The largest absolute Gasteiger partial charge is 0.497 e. The second-order valence-corrected chi connectivity index (χ2v) is 11.4. The zero-order chi connectivity index (χ0) is 28.2. The maximum atomic E-state index is 15.1. The Hall–Kier alpha value is -3.38. The molecule has 3 aromatic rings. The number of hydrogen-bond donors (Lipinski definition) is 1. The zero-order valence-electron chi connectivity index (χ0n) is 23.5. The summed E-state index contributed by atoms with van der Waals surface area (Å²) in [5.74, 6) is 0.616. The van der Waals surface area contributed by atoms with Crippen LogP contribution in [0.25, 0.3) is 11.1 Å². The standard InChI is InChI=1S/C33H39FO5/c1-6-38-32(33(2,3)4)29-16-21(10-14-26(29)28-18-24(37-5)13-15-30(28)34)20-39-25-9-7-8-23(17-25)27(19-31(35)36)22-11-12-22/h7-10,13-18,22,27,32H,6,11-12,19-20H2,1-5H3,(H,35,36)/t27-,32-/m0/s1. The van der Waals surface area contributed by atoms with E-state index in [1.165, 1.54) is 6.07 Å². The highest BCUT2D eigenvalue weighted by Gasteiger charge is 2.34. The summed E-state index contributed by atoms with van der Waals surface area (Å²) in [4.78, 5) is 11.4. The fourth-order valence-corrected chi connectivity index (χ4v) is 5.22. The van der Waals surface area contributed by atoms with E-state index in [1.807, 2.05) is 49.4 Å². The number of hydrogen-bond acceptors (Lipinski definition) is 4. The van der Waals surface area contributed by atoms with Gasteiger partial charge in [-0.1, -0.05) is 45.0 Å². The molecule has 208 valence electrons. The van der Waals surface area contributed by atoms with Crippen molar-refractivity contribution in [3.63, 3.8) is 0 Å². The van der Waals surface area contributed by atoms with Crippen LogP contribution in [0, 0.1) is 17.2 Å². The lowest BCUT2D eigenvalue weighted by Gasteiger charge is -2.33. The molecule has 5 nitrogen and oxygen atoms in total. The molecule has 0 heterocycles. The van der Waals surface area contributed by atoms with Crippen molar-refractivity contribution in [2.75, 3.05) is 13.7 Å². The van der Waals surface area contributed by atoms with Crippen LogP contribution in [0.1, 0.15) is 75.7 Å². The van der Waals surface area contributed by atoms with Crippen molar-refractivity contribution in [2.24, 2.45) is 11.3 Å². The van der Waals surface area contributed by atoms with Gasteiger partial charge in [-0.05, 0) is 95.7 Å². The molecule has 1 fully saturated rings. The van der Waals surface area contributed by atoms with E-state index < -0.39 is 5.97 Å². The number of ether oxygens (including phenoxy) is 3. The summed E-state index contributed by atoms with van der Waals surface area (Å²) in [6, 6.07) is 18.4. The van der Waals surface area contributed by atoms with Gasteiger partial charge >= 0.3 is 5.97 Å². The van der Waals surface area contributed by atoms with E-state index >= 15 is 4.39 Å². The van der Waals surface area contributed by atoms with Crippen LogP contribution in [0.15, 0.2) is 60.7 Å². The molecular formula is C33H39FO5. The molecule has 0 saturated heterocycles. The van der Waals surface area contributed by atoms with Crippen LogP contribution in [-0.4, -0.2) is 24.8 Å². The average molecular weight is 535 g/mol. The number of rotatable bonds is 12. The predicted octanol–water partition coefficient (Wildman–Crippen LogP) is 8.17. The molecule has 1 aliphatic carbocycles. The quantitative estimate of drug-likeness (QED) is 0.254. The number of aliphatic carboxylic acids is 1. The van der Waals surface area contributed by atoms with Crippen molar-refractivity contribution >= 4 is 5.97 Å². The van der Waals surface area contributed by atoms with Gasteiger partial charge in [-0.2, -0.15) is 0 Å². The minimum absolute atomic E-state index is 0.00781. The lowest BCUT2D eigenvalue weighted by molar-refractivity contribution is -0.137. The summed E-state index contributed by atoms with van der Waals surface area (Å²) in [5.41, 5.74) is 3.80. The number of carboxylic acids is 1. The lowest BCUT2D eigenvalue weighted by Crippen LogP contribution is -2.22. The normalized spacial score (nSPS) is 15.0. The van der Waals surface area contributed by atoms with Crippen LogP contribution in [0.4, 0.5) is 4.39 Å². The molecule has 0 aromatic heterocycles. The number of halogens is 1. The van der Waals surface area contributed by atoms with Crippen molar-refractivity contribution in [1.29, 1.82) is 0 Å². The summed E-state index contributed by atoms with van der Waals surface area (Å²) >= 11 is 0. The van der Waals surface area contributed by atoms with Gasteiger partial charge in [-0.3, -0.25) is 4.79 Å². The molecule has 1 aliphatic rings. The van der Waals surface area contributed by atoms with E-state index in [4.69, 9.17) is 14.2 Å². The Morgan fingerprint density at radius 3 is 2.44 bits per heavy atom. The average Bonchev–Trinajstić information content (AvgIpc) is 3.74. The van der Waals surface area contributed by atoms with Gasteiger partial charge in [0, 0.05) is 12.2 Å². The van der Waals surface area contributed by atoms with E-state index in [-0.39, 0.29) is 29.7 Å². The fourth-order valence-electron chi connectivity index (χ4n) is 5.22. The number of carboxylic acid groups (broad SMARTS) is 1. The highest BCUT2D eigenvalue weighted by molar-refractivity contribution is 5.71. The summed E-state index contributed by atoms with van der Waals surface area (Å²) in [6.07, 6.45) is 1.99. The van der Waals surface area contributed by atoms with Crippen LogP contribution in [0.2, 0.25) is 0 Å². The van der Waals surface area contributed by atoms with Crippen LogP contribution in [0.5, 0.6) is 11.5 Å². The van der Waals surface area contributed by atoms with Crippen molar-refractivity contribution in [3.05, 3.63) is 83.2 Å². The molecule has 1 N–H and O–H groups in total. The second-order valence-electron chi connectivity index (χ2n) is 11.4. The monoisotopic (exact) mass is 534 g/mol. The number of carbonyl (C=O) groups is 1. The summed E-state index contributed by atoms with van der Waals surface area (Å²) in [7, 11) is 1.57. The fraction of sp³-hybridized carbons (Fsp3) is 0.424. The van der Waals surface area contributed by atoms with Crippen LogP contribution in [0.3, 0.4) is 0 Å². The molecule has 2 atom stereocenters. The zero-order valence-corrected chi connectivity index (χ0v) is 23.5. The molecule has 0 spiro atoms. The Morgan fingerprint density at radius 2 is 1.79 bits per heavy atom. The molecule has 0 unspecified atom stereocenters. The van der Waals surface area contributed by atoms with Gasteiger partial charge in [0.15, 0.2) is 0 Å². The van der Waals surface area contributed by atoms with Crippen molar-refractivity contribution in [2.45, 2.75) is 65.6 Å². The molecular weight excluding hydrogens is 495 g/mol. The van der Waals surface area contributed by atoms with Gasteiger partial charge in [0.1, 0.15) is 23.9 Å². The maximum Gasteiger partial charge on any atom is 0.303 e. The molecule has 0 amide bonds. The summed E-state index contributed by atoms with van der Waals surface area (Å²) < 4.78 is 32.9. The molecule has 0 aliphatic heterocycles. The smallest absolute Gasteiger partial charge is 0.303 e. The topological polar surface area (TPSA) is 65.0 Å². The van der Waals surface area contributed by atoms with Crippen LogP contribution >= 0.6 is 0 Å². The van der Waals surface area contributed by atoms with E-state index in [2.05, 4.69) is 20.8 Å². The number of methoxy groups -OCH3 is 1. The number of benzene rings is 3. The third-order valence-corrected chi connectivity index (χ3v) is 7.26. The third kappa shape index (κ3) is 7.18. The Bertz CT molecular complexity index is 1290. The van der Waals surface area contributed by atoms with Gasteiger partial charge in [-0.25, -0.2) is 4.39 Å². The highest BCUT2D eigenvalue weighted by Crippen LogP contribution is 2.45. The van der Waals surface area contributed by atoms with Gasteiger partial charge in [0.25, 0.3) is 0 Å². The second kappa shape index (κ2) is 12.2. The van der Waals surface area contributed by atoms with Gasteiger partial charge in [0.05, 0.1) is 19.6 Å². The van der Waals surface area contributed by atoms with E-state index in [0.29, 0.717) is 36.2 Å². The lowest BCUT2D eigenvalue weighted by atomic mass is 9.81. The van der Waals surface area contributed by atoms with Gasteiger partial charge in [-0.15, -0.1) is 0 Å². The highest BCUT2D eigenvalue weighted by atomic mass is 19.1. The van der Waals surface area contributed by atoms with Gasteiger partial charge < -0.3 is 19.3 Å². The Balaban J connectivity index is 1.65. The Kier molecular flexibility index (Phi) is 8.96. The van der Waals surface area contributed by atoms with Crippen molar-refractivity contribution < 1.29 is 28.5 Å². The predicted molar refractivity (Wildman–Crippen MR) is 151 cm³/mol. The first-order valence-corrected chi connectivity index (χ1v) is 13.6. The minimum Gasteiger partial charge on any atom is -0.497 e. The van der Waals surface area contributed by atoms with E-state index in [1.54, 1.807) is 19.2 Å². The molecule has 0 radical (unpaired) electrons. The van der Waals surface area contributed by atoms with Gasteiger partial charge in [0.2, 0.25) is 0 Å². The SMILES string of the molecule is CCO[C@@H](c1cc(COc2cccc([C@@H](CC(=O)O)C3CC3)c2)ccc1-c1cc(OC)ccc1F)C(C)(C)C. The Labute approximate surface area is 230 Å². The maximum absolute atomic E-state index is 15.1. The molecule has 6 heteroatoms. The van der Waals surface area contributed by atoms with Crippen molar-refractivity contribution in [3.8, 4) is 22.6 Å². The minimum atomic E-state index is -0.777. The molecule has 1 saturated carbocycles. The first-order valence-electron chi connectivity index (χ1n) is 13.6. The Morgan fingerprint density at radius 1 is 1.03 bits per heavy atom. The molecule has 39 heavy (non-hydrogen) atoms.